The molecular formula is C32H33N5O7. The van der Waals surface area contributed by atoms with Crippen LogP contribution in [0.2, 0.25) is 0 Å². The molecule has 228 valence electrons. The Balaban J connectivity index is 1.47. The summed E-state index contributed by atoms with van der Waals surface area (Å²) >= 11 is 0. The number of methoxy groups -OCH3 is 2. The minimum Gasteiger partial charge on any atom is -0.497 e. The first-order valence-corrected chi connectivity index (χ1v) is 13.8. The SMILES string of the molecule is COc1ccc(C(OCC(CO)OCn2cnc3c(=O)[nH]c(NC(C)=O)nc32)(c2ccccc2)c2ccc(OC)cc2)cc1. The van der Waals surface area contributed by atoms with E-state index >= 15 is 0 Å². The smallest absolute Gasteiger partial charge is 0.280 e. The summed E-state index contributed by atoms with van der Waals surface area (Å²) in [5, 5.41) is 12.8. The van der Waals surface area contributed by atoms with Crippen molar-refractivity contribution in [3.8, 4) is 11.5 Å². The summed E-state index contributed by atoms with van der Waals surface area (Å²) in [5.41, 5.74) is 1.22. The Morgan fingerprint density at radius 1 is 0.955 bits per heavy atom. The number of hydrogen-bond donors (Lipinski definition) is 3. The van der Waals surface area contributed by atoms with E-state index in [1.54, 1.807) is 14.2 Å². The third-order valence-electron chi connectivity index (χ3n) is 7.08. The van der Waals surface area contributed by atoms with Gasteiger partial charge in [-0.25, -0.2) is 4.98 Å². The minimum absolute atomic E-state index is 0.00887. The van der Waals surface area contributed by atoms with E-state index in [1.807, 2.05) is 78.9 Å². The van der Waals surface area contributed by atoms with Crippen molar-refractivity contribution in [1.29, 1.82) is 0 Å². The van der Waals surface area contributed by atoms with Crippen LogP contribution in [0.15, 0.2) is 90.0 Å². The van der Waals surface area contributed by atoms with Gasteiger partial charge < -0.3 is 24.1 Å². The second-order valence-electron chi connectivity index (χ2n) is 9.90. The molecule has 0 spiro atoms. The maximum Gasteiger partial charge on any atom is 0.280 e. The van der Waals surface area contributed by atoms with Gasteiger partial charge in [-0.1, -0.05) is 54.6 Å². The predicted octanol–water partition coefficient (Wildman–Crippen LogP) is 3.44. The van der Waals surface area contributed by atoms with Gasteiger partial charge in [-0.2, -0.15) is 4.98 Å². The number of ether oxygens (including phenoxy) is 4. The fourth-order valence-electron chi connectivity index (χ4n) is 4.91. The molecule has 3 N–H and O–H groups in total. The molecule has 3 aromatic carbocycles. The fraction of sp³-hybridized carbons (Fsp3) is 0.250. The number of carbonyl (C=O) groups is 1. The number of aromatic amines is 1. The van der Waals surface area contributed by atoms with E-state index in [2.05, 4.69) is 20.3 Å². The van der Waals surface area contributed by atoms with Gasteiger partial charge in [0.1, 0.15) is 29.9 Å². The lowest BCUT2D eigenvalue weighted by Gasteiger charge is -2.37. The van der Waals surface area contributed by atoms with Crippen LogP contribution in [0.25, 0.3) is 11.2 Å². The number of rotatable bonds is 13. The van der Waals surface area contributed by atoms with Crippen LogP contribution in [-0.4, -0.2) is 64.1 Å². The number of amides is 1. The number of hydrogen-bond acceptors (Lipinski definition) is 9. The van der Waals surface area contributed by atoms with Crippen molar-refractivity contribution >= 4 is 23.0 Å². The van der Waals surface area contributed by atoms with Gasteiger partial charge in [-0.05, 0) is 41.0 Å². The normalized spacial score (nSPS) is 12.2. The Kier molecular flexibility index (Phi) is 9.34. The van der Waals surface area contributed by atoms with E-state index in [9.17, 15) is 14.7 Å². The van der Waals surface area contributed by atoms with Crippen molar-refractivity contribution in [3.63, 3.8) is 0 Å². The zero-order valence-electron chi connectivity index (χ0n) is 24.5. The first kappa shape index (κ1) is 30.4. The maximum atomic E-state index is 12.4. The van der Waals surface area contributed by atoms with E-state index in [-0.39, 0.29) is 43.0 Å². The molecule has 0 bridgehead atoms. The van der Waals surface area contributed by atoms with Crippen LogP contribution in [0.3, 0.4) is 0 Å². The zero-order chi connectivity index (χ0) is 31.1. The molecule has 44 heavy (non-hydrogen) atoms. The molecule has 0 saturated heterocycles. The highest BCUT2D eigenvalue weighted by Crippen LogP contribution is 2.41. The van der Waals surface area contributed by atoms with Gasteiger partial charge in [-0.3, -0.25) is 24.5 Å². The van der Waals surface area contributed by atoms with Crippen LogP contribution in [0.5, 0.6) is 11.5 Å². The lowest BCUT2D eigenvalue weighted by Crippen LogP contribution is -2.37. The van der Waals surface area contributed by atoms with Gasteiger partial charge in [0.25, 0.3) is 5.56 Å². The maximum absolute atomic E-state index is 12.4. The molecule has 0 saturated carbocycles. The molecule has 0 aliphatic rings. The van der Waals surface area contributed by atoms with Gasteiger partial charge in [0, 0.05) is 6.92 Å². The highest BCUT2D eigenvalue weighted by molar-refractivity contribution is 5.87. The van der Waals surface area contributed by atoms with Crippen molar-refractivity contribution in [1.82, 2.24) is 19.5 Å². The van der Waals surface area contributed by atoms with Gasteiger partial charge >= 0.3 is 0 Å². The Labute approximate surface area is 253 Å². The monoisotopic (exact) mass is 599 g/mol. The third kappa shape index (κ3) is 6.32. The number of nitrogens with one attached hydrogen (secondary N) is 2. The van der Waals surface area contributed by atoms with E-state index in [0.717, 1.165) is 16.7 Å². The number of carbonyl (C=O) groups excluding carboxylic acids is 1. The topological polar surface area (TPSA) is 150 Å². The molecule has 1 amide bonds. The van der Waals surface area contributed by atoms with E-state index in [1.165, 1.54) is 17.8 Å². The third-order valence-corrected chi connectivity index (χ3v) is 7.08. The Morgan fingerprint density at radius 3 is 2.09 bits per heavy atom. The second kappa shape index (κ2) is 13.5. The standard InChI is InChI=1S/C32H33N5O7/c1-21(39)34-31-35-29-28(30(40)36-31)33-19-37(29)20-43-27(17-38)18-44-32(22-7-5-4-6-8-22,23-9-13-25(41-2)14-10-23)24-11-15-26(42-3)16-12-24/h4-16,19,27,38H,17-18,20H2,1-3H3,(H2,34,35,36,39,40). The molecule has 5 aromatic rings. The van der Waals surface area contributed by atoms with Crippen LogP contribution < -0.4 is 20.3 Å². The molecule has 1 atom stereocenters. The summed E-state index contributed by atoms with van der Waals surface area (Å²) in [6.45, 7) is 0.851. The van der Waals surface area contributed by atoms with Gasteiger partial charge in [0.05, 0.1) is 33.8 Å². The first-order valence-electron chi connectivity index (χ1n) is 13.8. The molecule has 1 unspecified atom stereocenters. The molecule has 12 heteroatoms. The van der Waals surface area contributed by atoms with Crippen LogP contribution in [0, 0.1) is 0 Å². The van der Waals surface area contributed by atoms with Gasteiger partial charge in [0.2, 0.25) is 11.9 Å². The van der Waals surface area contributed by atoms with Crippen molar-refractivity contribution in [2.24, 2.45) is 0 Å². The summed E-state index contributed by atoms with van der Waals surface area (Å²) in [6, 6.07) is 25.0. The Morgan fingerprint density at radius 2 is 1.55 bits per heavy atom. The highest BCUT2D eigenvalue weighted by Gasteiger charge is 2.38. The Bertz CT molecular complexity index is 1710. The van der Waals surface area contributed by atoms with Gasteiger partial charge in [0.15, 0.2) is 11.2 Å². The van der Waals surface area contributed by atoms with E-state index in [0.29, 0.717) is 11.5 Å². The number of imidazole rings is 1. The van der Waals surface area contributed by atoms with Crippen LogP contribution in [0.4, 0.5) is 5.95 Å². The summed E-state index contributed by atoms with van der Waals surface area (Å²) in [4.78, 5) is 34.8. The van der Waals surface area contributed by atoms with Crippen molar-refractivity contribution in [2.75, 3.05) is 32.8 Å². The molecule has 2 aromatic heterocycles. The molecule has 0 aliphatic heterocycles. The van der Waals surface area contributed by atoms with Crippen molar-refractivity contribution in [3.05, 3.63) is 112 Å². The molecule has 0 radical (unpaired) electrons. The lowest BCUT2D eigenvalue weighted by molar-refractivity contribution is -0.114. The van der Waals surface area contributed by atoms with E-state index in [4.69, 9.17) is 18.9 Å². The van der Waals surface area contributed by atoms with Crippen LogP contribution >= 0.6 is 0 Å². The van der Waals surface area contributed by atoms with Crippen LogP contribution in [0.1, 0.15) is 23.6 Å². The number of aliphatic hydroxyl groups is 1. The molecule has 12 nitrogen and oxygen atoms in total. The quantitative estimate of drug-likeness (QED) is 0.173. The summed E-state index contributed by atoms with van der Waals surface area (Å²) in [5.74, 6) is 1.00. The predicted molar refractivity (Wildman–Crippen MR) is 163 cm³/mol. The number of aromatic nitrogens is 4. The van der Waals surface area contributed by atoms with E-state index < -0.39 is 17.3 Å². The molecule has 0 aliphatic carbocycles. The molecule has 0 fully saturated rings. The number of nitrogens with zero attached hydrogens (tertiary/aromatic N) is 3. The Hall–Kier alpha value is -5.04. The average Bonchev–Trinajstić information content (AvgIpc) is 3.46. The number of benzene rings is 3. The largest absolute Gasteiger partial charge is 0.497 e. The number of H-pyrrole nitrogens is 1. The average molecular weight is 600 g/mol. The summed E-state index contributed by atoms with van der Waals surface area (Å²) in [6.07, 6.45) is 0.631. The second-order valence-corrected chi connectivity index (χ2v) is 9.90. The summed E-state index contributed by atoms with van der Waals surface area (Å²) < 4.78 is 25.2. The summed E-state index contributed by atoms with van der Waals surface area (Å²) in [7, 11) is 3.22. The van der Waals surface area contributed by atoms with Crippen molar-refractivity contribution < 1.29 is 28.8 Å². The molecular weight excluding hydrogens is 566 g/mol. The molecule has 5 rings (SSSR count). The first-order chi connectivity index (χ1) is 21.4. The van der Waals surface area contributed by atoms with Gasteiger partial charge in [-0.15, -0.1) is 0 Å². The number of fused-ring (bicyclic) bond motifs is 1. The number of aliphatic hydroxyl groups excluding tert-OH is 1. The fourth-order valence-corrected chi connectivity index (χ4v) is 4.91. The highest BCUT2D eigenvalue weighted by atomic mass is 16.6. The van der Waals surface area contributed by atoms with Crippen LogP contribution in [-0.2, 0) is 26.6 Å². The molecule has 2 heterocycles. The lowest BCUT2D eigenvalue weighted by atomic mass is 9.80. The zero-order valence-corrected chi connectivity index (χ0v) is 24.5. The minimum atomic E-state index is -1.10. The number of anilines is 1. The van der Waals surface area contributed by atoms with Crippen molar-refractivity contribution in [2.45, 2.75) is 25.4 Å².